The average molecular weight is 254 g/mol. The van der Waals surface area contributed by atoms with Crippen molar-refractivity contribution in [1.82, 2.24) is 9.97 Å². The second-order valence-corrected chi connectivity index (χ2v) is 3.65. The van der Waals surface area contributed by atoms with Gasteiger partial charge in [0, 0.05) is 5.69 Å². The lowest BCUT2D eigenvalue weighted by Gasteiger charge is -2.06. The number of nitrogens with one attached hydrogen (secondary N) is 1. The molecule has 0 spiro atoms. The van der Waals surface area contributed by atoms with Gasteiger partial charge in [0.2, 0.25) is 5.28 Å². The van der Waals surface area contributed by atoms with E-state index in [4.69, 9.17) is 16.7 Å². The molecule has 0 amide bonds. The molecule has 0 atom stereocenters. The van der Waals surface area contributed by atoms with Crippen LogP contribution in [0, 0.1) is 5.82 Å². The van der Waals surface area contributed by atoms with Crippen LogP contribution in [-0.2, 0) is 6.61 Å². The van der Waals surface area contributed by atoms with Crippen LogP contribution in [-0.4, -0.2) is 15.1 Å². The smallest absolute Gasteiger partial charge is 0.224 e. The summed E-state index contributed by atoms with van der Waals surface area (Å²) in [7, 11) is 0. The molecule has 88 valence electrons. The van der Waals surface area contributed by atoms with Crippen LogP contribution in [0.2, 0.25) is 5.28 Å². The van der Waals surface area contributed by atoms with Crippen LogP contribution in [0.25, 0.3) is 0 Å². The normalized spacial score (nSPS) is 10.3. The minimum absolute atomic E-state index is 0.0155. The van der Waals surface area contributed by atoms with Crippen LogP contribution in [0.4, 0.5) is 15.9 Å². The Bertz CT molecular complexity index is 519. The van der Waals surface area contributed by atoms with E-state index in [0.29, 0.717) is 5.69 Å². The van der Waals surface area contributed by atoms with Gasteiger partial charge in [-0.15, -0.1) is 0 Å². The van der Waals surface area contributed by atoms with Crippen molar-refractivity contribution in [3.8, 4) is 0 Å². The van der Waals surface area contributed by atoms with Crippen molar-refractivity contribution < 1.29 is 9.50 Å². The minimum atomic E-state index is -0.583. The van der Waals surface area contributed by atoms with Crippen molar-refractivity contribution >= 4 is 23.1 Å². The van der Waals surface area contributed by atoms with Crippen LogP contribution in [0.5, 0.6) is 0 Å². The Hall–Kier alpha value is -1.72. The molecule has 2 N–H and O–H groups in total. The van der Waals surface area contributed by atoms with E-state index >= 15 is 0 Å². The number of hydrogen-bond donors (Lipinski definition) is 2. The predicted octanol–water partition coefficient (Wildman–Crippen LogP) is 2.50. The van der Waals surface area contributed by atoms with Gasteiger partial charge in [0.1, 0.15) is 0 Å². The Labute approximate surface area is 102 Å². The number of aliphatic hydroxyl groups is 1. The maximum atomic E-state index is 13.3. The molecule has 0 aliphatic heterocycles. The first-order valence-electron chi connectivity index (χ1n) is 4.84. The highest BCUT2D eigenvalue weighted by atomic mass is 35.5. The van der Waals surface area contributed by atoms with E-state index in [2.05, 4.69) is 15.3 Å². The summed E-state index contributed by atoms with van der Waals surface area (Å²) in [5, 5.41) is 11.6. The minimum Gasteiger partial charge on any atom is -0.392 e. The maximum absolute atomic E-state index is 13.3. The Balaban J connectivity index is 2.22. The molecule has 0 radical (unpaired) electrons. The number of nitrogens with zero attached hydrogens (tertiary/aromatic N) is 2. The Morgan fingerprint density at radius 1 is 1.29 bits per heavy atom. The monoisotopic (exact) mass is 253 g/mol. The number of benzene rings is 1. The third kappa shape index (κ3) is 2.89. The third-order valence-electron chi connectivity index (χ3n) is 2.11. The molecule has 2 rings (SSSR count). The zero-order valence-electron chi connectivity index (χ0n) is 8.69. The molecule has 4 nitrogen and oxygen atoms in total. The van der Waals surface area contributed by atoms with Crippen LogP contribution in [0.1, 0.15) is 5.56 Å². The average Bonchev–Trinajstić information content (AvgIpc) is 2.35. The van der Waals surface area contributed by atoms with E-state index in [-0.39, 0.29) is 17.7 Å². The number of aliphatic hydroxyl groups excluding tert-OH is 1. The standard InChI is InChI=1S/C11H9ClFN3O/c12-11-14-5-9(13)10(16-11)15-8-3-1-7(6-17)2-4-8/h1-5,17H,6H2,(H,14,15,16). The fourth-order valence-corrected chi connectivity index (χ4v) is 1.40. The summed E-state index contributed by atoms with van der Waals surface area (Å²) in [6.45, 7) is -0.0338. The second-order valence-electron chi connectivity index (χ2n) is 3.32. The highest BCUT2D eigenvalue weighted by Gasteiger charge is 2.05. The molecule has 0 aliphatic rings. The van der Waals surface area contributed by atoms with E-state index in [1.165, 1.54) is 0 Å². The molecule has 0 saturated heterocycles. The van der Waals surface area contributed by atoms with Gasteiger partial charge in [-0.2, -0.15) is 4.98 Å². The molecule has 0 fully saturated rings. The number of aromatic nitrogens is 2. The topological polar surface area (TPSA) is 58.0 Å². The van der Waals surface area contributed by atoms with E-state index in [1.54, 1.807) is 24.3 Å². The lowest BCUT2D eigenvalue weighted by molar-refractivity contribution is 0.282. The molecule has 1 aromatic carbocycles. The molecular weight excluding hydrogens is 245 g/mol. The highest BCUT2D eigenvalue weighted by molar-refractivity contribution is 6.28. The zero-order chi connectivity index (χ0) is 12.3. The number of halogens is 2. The second kappa shape index (κ2) is 5.07. The van der Waals surface area contributed by atoms with Crippen molar-refractivity contribution in [2.45, 2.75) is 6.61 Å². The van der Waals surface area contributed by atoms with Gasteiger partial charge >= 0.3 is 0 Å². The van der Waals surface area contributed by atoms with Gasteiger partial charge < -0.3 is 10.4 Å². The predicted molar refractivity (Wildman–Crippen MR) is 62.6 cm³/mol. The maximum Gasteiger partial charge on any atom is 0.224 e. The van der Waals surface area contributed by atoms with Crippen molar-refractivity contribution in [2.24, 2.45) is 0 Å². The lowest BCUT2D eigenvalue weighted by Crippen LogP contribution is -1.98. The number of anilines is 2. The van der Waals surface area contributed by atoms with Crippen LogP contribution < -0.4 is 5.32 Å². The summed E-state index contributed by atoms with van der Waals surface area (Å²) in [6, 6.07) is 6.87. The fourth-order valence-electron chi connectivity index (χ4n) is 1.26. The fraction of sp³-hybridized carbons (Fsp3) is 0.0909. The van der Waals surface area contributed by atoms with Crippen molar-refractivity contribution in [2.75, 3.05) is 5.32 Å². The number of hydrogen-bond acceptors (Lipinski definition) is 4. The van der Waals surface area contributed by atoms with Crippen LogP contribution in [0.3, 0.4) is 0 Å². The SMILES string of the molecule is OCc1ccc(Nc2nc(Cl)ncc2F)cc1. The molecule has 0 aliphatic carbocycles. The van der Waals surface area contributed by atoms with E-state index in [1.807, 2.05) is 0 Å². The molecule has 17 heavy (non-hydrogen) atoms. The lowest BCUT2D eigenvalue weighted by atomic mass is 10.2. The number of rotatable bonds is 3. The largest absolute Gasteiger partial charge is 0.392 e. The molecule has 0 saturated carbocycles. The van der Waals surface area contributed by atoms with Crippen molar-refractivity contribution in [1.29, 1.82) is 0 Å². The molecule has 2 aromatic rings. The molecule has 6 heteroatoms. The van der Waals surface area contributed by atoms with Gasteiger partial charge in [-0.25, -0.2) is 9.37 Å². The quantitative estimate of drug-likeness (QED) is 0.826. The van der Waals surface area contributed by atoms with Gasteiger partial charge in [0.05, 0.1) is 12.8 Å². The first kappa shape index (κ1) is 11.8. The van der Waals surface area contributed by atoms with E-state index in [0.717, 1.165) is 11.8 Å². The van der Waals surface area contributed by atoms with Crippen LogP contribution in [0.15, 0.2) is 30.5 Å². The summed E-state index contributed by atoms with van der Waals surface area (Å²) in [5.74, 6) is -0.567. The highest BCUT2D eigenvalue weighted by Crippen LogP contribution is 2.18. The van der Waals surface area contributed by atoms with Gasteiger partial charge in [-0.3, -0.25) is 0 Å². The zero-order valence-corrected chi connectivity index (χ0v) is 9.45. The molecule has 1 aromatic heterocycles. The summed E-state index contributed by atoms with van der Waals surface area (Å²) < 4.78 is 13.3. The summed E-state index contributed by atoms with van der Waals surface area (Å²) in [5.41, 5.74) is 1.42. The Morgan fingerprint density at radius 2 is 2.00 bits per heavy atom. The van der Waals surface area contributed by atoms with E-state index < -0.39 is 5.82 Å². The van der Waals surface area contributed by atoms with Crippen molar-refractivity contribution in [3.63, 3.8) is 0 Å². The third-order valence-corrected chi connectivity index (χ3v) is 2.30. The van der Waals surface area contributed by atoms with Gasteiger partial charge in [0.15, 0.2) is 11.6 Å². The van der Waals surface area contributed by atoms with Crippen molar-refractivity contribution in [3.05, 3.63) is 47.1 Å². The Kier molecular flexibility index (Phi) is 3.51. The van der Waals surface area contributed by atoms with Gasteiger partial charge in [-0.1, -0.05) is 12.1 Å². The van der Waals surface area contributed by atoms with Gasteiger partial charge in [0.25, 0.3) is 0 Å². The first-order chi connectivity index (χ1) is 8.19. The summed E-state index contributed by atoms with van der Waals surface area (Å²) in [4.78, 5) is 7.24. The van der Waals surface area contributed by atoms with Gasteiger partial charge in [-0.05, 0) is 29.3 Å². The Morgan fingerprint density at radius 3 is 2.65 bits per heavy atom. The molecular formula is C11H9ClFN3O. The molecule has 1 heterocycles. The summed E-state index contributed by atoms with van der Waals surface area (Å²) in [6.07, 6.45) is 1.000. The first-order valence-corrected chi connectivity index (χ1v) is 5.21. The molecule has 0 bridgehead atoms. The van der Waals surface area contributed by atoms with Crippen LogP contribution >= 0.6 is 11.6 Å². The molecule has 0 unspecified atom stereocenters. The summed E-state index contributed by atoms with van der Waals surface area (Å²) >= 11 is 5.57. The van der Waals surface area contributed by atoms with E-state index in [9.17, 15) is 4.39 Å².